The molecule has 2 aromatic carbocycles. The zero-order chi connectivity index (χ0) is 25.9. The molecule has 8 N–H and O–H groups in total. The van der Waals surface area contributed by atoms with Crippen LogP contribution < -0.4 is 27.4 Å². The van der Waals surface area contributed by atoms with Crippen molar-refractivity contribution in [1.82, 2.24) is 20.9 Å². The van der Waals surface area contributed by atoms with Gasteiger partial charge in [0, 0.05) is 23.0 Å². The monoisotopic (exact) mass is 490 g/mol. The number of amides is 5. The Bertz CT molecular complexity index is 1300. The maximum Gasteiger partial charge on any atom is 0.316 e. The highest BCUT2D eigenvalue weighted by molar-refractivity contribution is 5.97. The molecular formula is C26H30N6O4. The topological polar surface area (TPSA) is 172 Å². The average Bonchev–Trinajstić information content (AvgIpc) is 3.21. The molecule has 188 valence electrons. The average molecular weight is 491 g/mol. The van der Waals surface area contributed by atoms with Crippen LogP contribution in [0.4, 0.5) is 4.79 Å². The molecule has 0 saturated carbocycles. The van der Waals surface area contributed by atoms with Gasteiger partial charge in [0.25, 0.3) is 0 Å². The molecule has 3 atom stereocenters. The van der Waals surface area contributed by atoms with Gasteiger partial charge in [0.05, 0.1) is 12.5 Å². The lowest BCUT2D eigenvalue weighted by Crippen LogP contribution is -2.65. The van der Waals surface area contributed by atoms with Gasteiger partial charge in [-0.05, 0) is 37.0 Å². The summed E-state index contributed by atoms with van der Waals surface area (Å²) in [6.07, 6.45) is 0.511. The second-order valence-corrected chi connectivity index (χ2v) is 9.22. The molecule has 5 amide bonds. The molecule has 1 aromatic heterocycles. The highest BCUT2D eigenvalue weighted by Crippen LogP contribution is 2.34. The van der Waals surface area contributed by atoms with Crippen LogP contribution in [0.15, 0.2) is 54.6 Å². The van der Waals surface area contributed by atoms with E-state index in [0.29, 0.717) is 6.42 Å². The normalized spacial score (nSPS) is 18.5. The number of fused-ring (bicyclic) bond motifs is 3. The number of carbonyl (C=O) groups excluding carboxylic acids is 4. The van der Waals surface area contributed by atoms with Gasteiger partial charge in [-0.3, -0.25) is 14.4 Å². The first-order valence-electron chi connectivity index (χ1n) is 11.8. The number of nitrogens with two attached hydrogens (primary N) is 2. The number of rotatable bonds is 8. The SMILES string of the molecule is C[C@@H](NC(=O)NC1(C(=O)N[C@@H](CC(N)=O)C(N)=O)CCc2[nH]c3ccccc3c2C1)c1ccccc1. The van der Waals surface area contributed by atoms with Crippen molar-refractivity contribution in [2.75, 3.05) is 0 Å². The van der Waals surface area contributed by atoms with Crippen molar-refractivity contribution in [2.24, 2.45) is 11.5 Å². The van der Waals surface area contributed by atoms with E-state index in [-0.39, 0.29) is 18.9 Å². The van der Waals surface area contributed by atoms with E-state index in [1.807, 2.05) is 61.5 Å². The van der Waals surface area contributed by atoms with Crippen molar-refractivity contribution in [1.29, 1.82) is 0 Å². The predicted molar refractivity (Wildman–Crippen MR) is 135 cm³/mol. The molecule has 1 heterocycles. The van der Waals surface area contributed by atoms with Crippen LogP contribution in [0.3, 0.4) is 0 Å². The van der Waals surface area contributed by atoms with Crippen molar-refractivity contribution in [3.05, 3.63) is 71.4 Å². The summed E-state index contributed by atoms with van der Waals surface area (Å²) in [7, 11) is 0. The number of urea groups is 1. The van der Waals surface area contributed by atoms with Crippen molar-refractivity contribution >= 4 is 34.7 Å². The number of aromatic nitrogens is 1. The third-order valence-electron chi connectivity index (χ3n) is 6.67. The molecule has 0 aliphatic heterocycles. The third-order valence-corrected chi connectivity index (χ3v) is 6.67. The molecule has 0 spiro atoms. The van der Waals surface area contributed by atoms with Crippen molar-refractivity contribution in [2.45, 2.75) is 50.2 Å². The fourth-order valence-electron chi connectivity index (χ4n) is 4.75. The van der Waals surface area contributed by atoms with Gasteiger partial charge in [-0.25, -0.2) is 4.79 Å². The Hall–Kier alpha value is -4.34. The number of aromatic amines is 1. The van der Waals surface area contributed by atoms with Gasteiger partial charge < -0.3 is 32.4 Å². The first-order chi connectivity index (χ1) is 17.2. The largest absolute Gasteiger partial charge is 0.370 e. The first kappa shape index (κ1) is 24.8. The Balaban J connectivity index is 1.63. The Morgan fingerprint density at radius 1 is 1.00 bits per heavy atom. The van der Waals surface area contributed by atoms with Gasteiger partial charge >= 0.3 is 6.03 Å². The highest BCUT2D eigenvalue weighted by Gasteiger charge is 2.45. The summed E-state index contributed by atoms with van der Waals surface area (Å²) in [5.74, 6) is -2.27. The summed E-state index contributed by atoms with van der Waals surface area (Å²) in [5.41, 5.74) is 13.0. The minimum atomic E-state index is -1.39. The molecule has 10 heteroatoms. The zero-order valence-corrected chi connectivity index (χ0v) is 20.0. The number of benzene rings is 2. The van der Waals surface area contributed by atoms with Gasteiger partial charge in [0.15, 0.2) is 0 Å². The van der Waals surface area contributed by atoms with Crippen LogP contribution in [0.1, 0.15) is 42.6 Å². The Labute approximate surface area is 208 Å². The lowest BCUT2D eigenvalue weighted by Gasteiger charge is -2.37. The fourth-order valence-corrected chi connectivity index (χ4v) is 4.75. The molecular weight excluding hydrogens is 460 g/mol. The summed E-state index contributed by atoms with van der Waals surface area (Å²) >= 11 is 0. The van der Waals surface area contributed by atoms with E-state index in [1.54, 1.807) is 0 Å². The fraction of sp³-hybridized carbons (Fsp3) is 0.308. The van der Waals surface area contributed by atoms with Crippen LogP contribution in [0.2, 0.25) is 0 Å². The number of carbonyl (C=O) groups is 4. The number of H-pyrrole nitrogens is 1. The molecule has 1 aliphatic rings. The van der Waals surface area contributed by atoms with Crippen molar-refractivity contribution in [3.63, 3.8) is 0 Å². The smallest absolute Gasteiger partial charge is 0.316 e. The van der Waals surface area contributed by atoms with E-state index >= 15 is 0 Å². The van der Waals surface area contributed by atoms with E-state index in [1.165, 1.54) is 0 Å². The zero-order valence-electron chi connectivity index (χ0n) is 20.0. The molecule has 10 nitrogen and oxygen atoms in total. The van der Waals surface area contributed by atoms with Gasteiger partial charge in [-0.15, -0.1) is 0 Å². The third kappa shape index (κ3) is 5.17. The van der Waals surface area contributed by atoms with E-state index in [9.17, 15) is 19.2 Å². The lowest BCUT2D eigenvalue weighted by molar-refractivity contribution is -0.133. The molecule has 4 rings (SSSR count). The number of nitrogens with one attached hydrogen (secondary N) is 4. The molecule has 0 bridgehead atoms. The maximum atomic E-state index is 13.7. The highest BCUT2D eigenvalue weighted by atomic mass is 16.2. The summed E-state index contributed by atoms with van der Waals surface area (Å²) in [4.78, 5) is 53.5. The molecule has 36 heavy (non-hydrogen) atoms. The molecule has 1 aliphatic carbocycles. The number of primary amides is 2. The number of hydrogen-bond acceptors (Lipinski definition) is 4. The van der Waals surface area contributed by atoms with Gasteiger partial charge in [0.2, 0.25) is 17.7 Å². The van der Waals surface area contributed by atoms with Crippen LogP contribution in [0.5, 0.6) is 0 Å². The first-order valence-corrected chi connectivity index (χ1v) is 11.8. The Morgan fingerprint density at radius 2 is 1.69 bits per heavy atom. The van der Waals surface area contributed by atoms with Gasteiger partial charge in [-0.2, -0.15) is 0 Å². The quantitative estimate of drug-likeness (QED) is 0.280. The molecule has 1 unspecified atom stereocenters. The molecule has 3 aromatic rings. The summed E-state index contributed by atoms with van der Waals surface area (Å²) in [6.45, 7) is 1.84. The van der Waals surface area contributed by atoms with Crippen LogP contribution in [0.25, 0.3) is 10.9 Å². The predicted octanol–water partition coefficient (Wildman–Crippen LogP) is 1.30. The van der Waals surface area contributed by atoms with Gasteiger partial charge in [-0.1, -0.05) is 48.5 Å². The second-order valence-electron chi connectivity index (χ2n) is 9.22. The van der Waals surface area contributed by atoms with E-state index in [4.69, 9.17) is 11.5 Å². The van der Waals surface area contributed by atoms with Gasteiger partial charge in [0.1, 0.15) is 11.6 Å². The van der Waals surface area contributed by atoms with E-state index in [2.05, 4.69) is 20.9 Å². The minimum Gasteiger partial charge on any atom is -0.370 e. The molecule has 0 radical (unpaired) electrons. The van der Waals surface area contributed by atoms with E-state index < -0.39 is 41.8 Å². The number of hydrogen-bond donors (Lipinski definition) is 6. The number of para-hydroxylation sites is 1. The lowest BCUT2D eigenvalue weighted by atomic mass is 9.78. The summed E-state index contributed by atoms with van der Waals surface area (Å²) < 4.78 is 0. The van der Waals surface area contributed by atoms with Crippen LogP contribution in [-0.4, -0.2) is 40.3 Å². The van der Waals surface area contributed by atoms with Crippen LogP contribution in [-0.2, 0) is 27.2 Å². The molecule has 0 fully saturated rings. The Kier molecular flexibility index (Phi) is 6.96. The van der Waals surface area contributed by atoms with E-state index in [0.717, 1.165) is 27.7 Å². The number of aryl methyl sites for hydroxylation is 1. The van der Waals surface area contributed by atoms with Crippen molar-refractivity contribution < 1.29 is 19.2 Å². The minimum absolute atomic E-state index is 0.188. The second kappa shape index (κ2) is 10.1. The van der Waals surface area contributed by atoms with Crippen LogP contribution >= 0.6 is 0 Å². The van der Waals surface area contributed by atoms with Crippen molar-refractivity contribution in [3.8, 4) is 0 Å². The van der Waals surface area contributed by atoms with Crippen LogP contribution in [0, 0.1) is 0 Å². The summed E-state index contributed by atoms with van der Waals surface area (Å²) in [5, 5.41) is 9.27. The standard InChI is InChI=1S/C26H30N6O4/c1-15(16-7-3-2-4-8-16)29-25(36)32-26(24(35)31-21(23(28)34)13-22(27)33)12-11-20-18(14-26)17-9-5-6-10-19(17)30-20/h2-10,15,21,30H,11-14H2,1H3,(H2,27,33)(H2,28,34)(H,31,35)(H2,29,32,36)/t15-,21+,26?/m1/s1. The summed E-state index contributed by atoms with van der Waals surface area (Å²) in [6, 6.07) is 15.0. The maximum absolute atomic E-state index is 13.7. The Morgan fingerprint density at radius 3 is 2.39 bits per heavy atom. The molecule has 0 saturated heterocycles.